The summed E-state index contributed by atoms with van der Waals surface area (Å²) >= 11 is 0. The van der Waals surface area contributed by atoms with Crippen molar-refractivity contribution in [2.75, 3.05) is 13.1 Å². The molecule has 6 nitrogen and oxygen atoms in total. The molecule has 0 bridgehead atoms. The number of H-pyrrole nitrogens is 1. The van der Waals surface area contributed by atoms with E-state index in [1.165, 1.54) is 28.3 Å². The SMILES string of the molecule is O=C(/C=C/c1ccc2c(c1)CCN(CCc1cn[nH]c1-c1ccccc1)C2)NO. The molecular formula is C23H24N4O2. The van der Waals surface area contributed by atoms with Gasteiger partial charge < -0.3 is 0 Å². The Morgan fingerprint density at radius 3 is 2.90 bits per heavy atom. The van der Waals surface area contributed by atoms with Gasteiger partial charge in [-0.3, -0.25) is 20.0 Å². The highest BCUT2D eigenvalue weighted by Gasteiger charge is 2.17. The summed E-state index contributed by atoms with van der Waals surface area (Å²) in [4.78, 5) is 13.6. The van der Waals surface area contributed by atoms with Crippen LogP contribution in [0.25, 0.3) is 17.3 Å². The molecule has 29 heavy (non-hydrogen) atoms. The van der Waals surface area contributed by atoms with Gasteiger partial charge in [0.1, 0.15) is 0 Å². The Labute approximate surface area is 169 Å². The van der Waals surface area contributed by atoms with Crippen molar-refractivity contribution in [3.05, 3.63) is 83.1 Å². The number of rotatable bonds is 6. The Morgan fingerprint density at radius 1 is 1.21 bits per heavy atom. The lowest BCUT2D eigenvalue weighted by molar-refractivity contribution is -0.124. The normalized spacial score (nSPS) is 14.1. The van der Waals surface area contributed by atoms with Gasteiger partial charge in [-0.25, -0.2) is 5.48 Å². The van der Waals surface area contributed by atoms with Gasteiger partial charge in [0, 0.05) is 25.7 Å². The molecule has 1 amide bonds. The van der Waals surface area contributed by atoms with Crippen LogP contribution in [-0.2, 0) is 24.2 Å². The molecule has 0 unspecified atom stereocenters. The molecule has 0 atom stereocenters. The smallest absolute Gasteiger partial charge is 0.267 e. The van der Waals surface area contributed by atoms with Crippen LogP contribution in [0.1, 0.15) is 22.3 Å². The van der Waals surface area contributed by atoms with Gasteiger partial charge in [0.25, 0.3) is 5.91 Å². The number of carbonyl (C=O) groups excluding carboxylic acids is 1. The molecular weight excluding hydrogens is 364 g/mol. The van der Waals surface area contributed by atoms with E-state index in [0.717, 1.165) is 43.7 Å². The number of hydroxylamine groups is 1. The Hall–Kier alpha value is -3.22. The second-order valence-corrected chi connectivity index (χ2v) is 7.25. The number of nitrogens with zero attached hydrogens (tertiary/aromatic N) is 2. The fourth-order valence-corrected chi connectivity index (χ4v) is 3.77. The zero-order valence-corrected chi connectivity index (χ0v) is 16.1. The second-order valence-electron chi connectivity index (χ2n) is 7.25. The predicted octanol–water partition coefficient (Wildman–Crippen LogP) is 3.20. The van der Waals surface area contributed by atoms with Gasteiger partial charge in [-0.1, -0.05) is 48.5 Å². The number of carbonyl (C=O) groups is 1. The Balaban J connectivity index is 1.38. The van der Waals surface area contributed by atoms with Gasteiger partial charge in [0.15, 0.2) is 0 Å². The van der Waals surface area contributed by atoms with E-state index in [0.29, 0.717) is 0 Å². The van der Waals surface area contributed by atoms with Crippen molar-refractivity contribution in [3.63, 3.8) is 0 Å². The minimum atomic E-state index is -0.525. The van der Waals surface area contributed by atoms with Crippen molar-refractivity contribution in [2.24, 2.45) is 0 Å². The lowest BCUT2D eigenvalue weighted by atomic mass is 9.96. The summed E-state index contributed by atoms with van der Waals surface area (Å²) in [6, 6.07) is 16.6. The van der Waals surface area contributed by atoms with E-state index >= 15 is 0 Å². The van der Waals surface area contributed by atoms with Crippen molar-refractivity contribution < 1.29 is 10.0 Å². The monoisotopic (exact) mass is 388 g/mol. The third kappa shape index (κ3) is 4.62. The first-order valence-electron chi connectivity index (χ1n) is 9.77. The van der Waals surface area contributed by atoms with Crippen molar-refractivity contribution in [2.45, 2.75) is 19.4 Å². The van der Waals surface area contributed by atoms with Gasteiger partial charge in [0.2, 0.25) is 0 Å². The van der Waals surface area contributed by atoms with E-state index in [9.17, 15) is 4.79 Å². The summed E-state index contributed by atoms with van der Waals surface area (Å²) in [5.41, 5.74) is 8.73. The molecule has 148 valence electrons. The quantitative estimate of drug-likeness (QED) is 0.344. The van der Waals surface area contributed by atoms with Crippen molar-refractivity contribution in [1.29, 1.82) is 0 Å². The third-order valence-electron chi connectivity index (χ3n) is 5.34. The highest BCUT2D eigenvalue weighted by Crippen LogP contribution is 2.24. The lowest BCUT2D eigenvalue weighted by Gasteiger charge is -2.29. The van der Waals surface area contributed by atoms with Crippen molar-refractivity contribution in [3.8, 4) is 11.3 Å². The molecule has 2 heterocycles. The van der Waals surface area contributed by atoms with E-state index in [-0.39, 0.29) is 0 Å². The molecule has 0 aliphatic carbocycles. The van der Waals surface area contributed by atoms with E-state index in [4.69, 9.17) is 5.21 Å². The summed E-state index contributed by atoms with van der Waals surface area (Å²) in [5, 5.41) is 16.0. The average molecular weight is 388 g/mol. The number of hydrogen-bond donors (Lipinski definition) is 3. The zero-order valence-electron chi connectivity index (χ0n) is 16.1. The first kappa shape index (κ1) is 19.1. The predicted molar refractivity (Wildman–Crippen MR) is 112 cm³/mol. The summed E-state index contributed by atoms with van der Waals surface area (Å²) < 4.78 is 0. The van der Waals surface area contributed by atoms with Crippen LogP contribution in [0.5, 0.6) is 0 Å². The average Bonchev–Trinajstić information content (AvgIpc) is 3.25. The summed E-state index contributed by atoms with van der Waals surface area (Å²) in [6.45, 7) is 2.92. The zero-order chi connectivity index (χ0) is 20.1. The van der Waals surface area contributed by atoms with Crippen LogP contribution in [0.4, 0.5) is 0 Å². The summed E-state index contributed by atoms with van der Waals surface area (Å²) in [6.07, 6.45) is 6.91. The van der Waals surface area contributed by atoms with E-state index in [2.05, 4.69) is 39.4 Å². The van der Waals surface area contributed by atoms with Crippen molar-refractivity contribution >= 4 is 12.0 Å². The molecule has 0 radical (unpaired) electrons. The minimum absolute atomic E-state index is 0.525. The summed E-state index contributed by atoms with van der Waals surface area (Å²) in [5.74, 6) is -0.525. The number of fused-ring (bicyclic) bond motifs is 1. The highest BCUT2D eigenvalue weighted by atomic mass is 16.5. The molecule has 3 aromatic rings. The molecule has 0 saturated heterocycles. The van der Waals surface area contributed by atoms with Crippen LogP contribution in [0.15, 0.2) is 60.8 Å². The first-order valence-corrected chi connectivity index (χ1v) is 9.77. The van der Waals surface area contributed by atoms with Crippen LogP contribution < -0.4 is 5.48 Å². The second kappa shape index (κ2) is 8.86. The van der Waals surface area contributed by atoms with Crippen LogP contribution >= 0.6 is 0 Å². The standard InChI is InChI=1S/C23H24N4O2/c28-22(26-29)9-7-17-6-8-21-16-27(12-10-19(21)14-17)13-11-20-15-24-25-23(20)18-4-2-1-3-5-18/h1-9,14-15,29H,10-13,16H2,(H,24,25)(H,26,28)/b9-7+. The van der Waals surface area contributed by atoms with Gasteiger partial charge in [-0.15, -0.1) is 0 Å². The molecule has 0 fully saturated rings. The molecule has 1 aliphatic heterocycles. The first-order chi connectivity index (χ1) is 14.2. The number of benzene rings is 2. The van der Waals surface area contributed by atoms with Crippen LogP contribution in [0.2, 0.25) is 0 Å². The number of aromatic amines is 1. The number of amides is 1. The third-order valence-corrected chi connectivity index (χ3v) is 5.34. The fraction of sp³-hybridized carbons (Fsp3) is 0.217. The maximum Gasteiger partial charge on any atom is 0.267 e. The van der Waals surface area contributed by atoms with Gasteiger partial charge in [-0.2, -0.15) is 5.10 Å². The number of nitrogens with one attached hydrogen (secondary N) is 2. The van der Waals surface area contributed by atoms with Crippen molar-refractivity contribution in [1.82, 2.24) is 20.6 Å². The van der Waals surface area contributed by atoms with Gasteiger partial charge in [-0.05, 0) is 46.7 Å². The van der Waals surface area contributed by atoms with Crippen LogP contribution in [0, 0.1) is 0 Å². The van der Waals surface area contributed by atoms with E-state index in [1.54, 1.807) is 11.6 Å². The molecule has 2 aromatic carbocycles. The maximum atomic E-state index is 11.1. The Bertz CT molecular complexity index is 1010. The molecule has 1 aromatic heterocycles. The Morgan fingerprint density at radius 2 is 2.07 bits per heavy atom. The molecule has 0 saturated carbocycles. The van der Waals surface area contributed by atoms with Crippen LogP contribution in [0.3, 0.4) is 0 Å². The lowest BCUT2D eigenvalue weighted by Crippen LogP contribution is -2.32. The summed E-state index contributed by atoms with van der Waals surface area (Å²) in [7, 11) is 0. The highest BCUT2D eigenvalue weighted by molar-refractivity contribution is 5.90. The number of aromatic nitrogens is 2. The van der Waals surface area contributed by atoms with Gasteiger partial charge >= 0.3 is 0 Å². The molecule has 6 heteroatoms. The topological polar surface area (TPSA) is 81.2 Å². The van der Waals surface area contributed by atoms with E-state index < -0.39 is 5.91 Å². The number of hydrogen-bond acceptors (Lipinski definition) is 4. The molecule has 1 aliphatic rings. The largest absolute Gasteiger partial charge is 0.298 e. The molecule has 3 N–H and O–H groups in total. The Kier molecular flexibility index (Phi) is 5.84. The molecule has 4 rings (SSSR count). The fourth-order valence-electron chi connectivity index (χ4n) is 3.77. The minimum Gasteiger partial charge on any atom is -0.298 e. The van der Waals surface area contributed by atoms with E-state index in [1.807, 2.05) is 30.5 Å². The van der Waals surface area contributed by atoms with Gasteiger partial charge in [0.05, 0.1) is 11.9 Å². The molecule has 0 spiro atoms. The maximum absolute atomic E-state index is 11.1. The van der Waals surface area contributed by atoms with Crippen LogP contribution in [-0.4, -0.2) is 39.3 Å².